The number of likely N-dealkylation sites (N-methyl/N-ethyl adjacent to an activating group) is 1. The first kappa shape index (κ1) is 20.3. The van der Waals surface area contributed by atoms with Crippen molar-refractivity contribution in [3.05, 3.63) is 63.7 Å². The van der Waals surface area contributed by atoms with Crippen molar-refractivity contribution in [3.63, 3.8) is 0 Å². The molecule has 3 N–H and O–H groups in total. The predicted octanol–water partition coefficient (Wildman–Crippen LogP) is 2.21. The van der Waals surface area contributed by atoms with Crippen LogP contribution in [0.3, 0.4) is 0 Å². The minimum Gasteiger partial charge on any atom is -0.484 e. The Bertz CT molecular complexity index is 1170. The van der Waals surface area contributed by atoms with E-state index in [4.69, 9.17) is 17.0 Å². The number of benzene rings is 2. The number of fused-ring (bicyclic) bond motifs is 1. The molecule has 2 amide bonds. The number of aromatic amines is 1. The number of nitrogens with zero attached hydrogens (tertiary/aromatic N) is 1. The maximum Gasteiger partial charge on any atom is 0.262 e. The van der Waals surface area contributed by atoms with Crippen LogP contribution in [0.5, 0.6) is 5.75 Å². The number of hydrogen-bond donors (Lipinski definition) is 3. The molecule has 0 fully saturated rings. The number of aromatic nitrogens is 2. The van der Waals surface area contributed by atoms with Gasteiger partial charge in [-0.2, -0.15) is 0 Å². The zero-order valence-corrected chi connectivity index (χ0v) is 16.5. The summed E-state index contributed by atoms with van der Waals surface area (Å²) in [5.74, 6) is -0.0701. The van der Waals surface area contributed by atoms with Crippen molar-refractivity contribution in [2.75, 3.05) is 19.0 Å². The normalized spacial score (nSPS) is 10.5. The van der Waals surface area contributed by atoms with Crippen LogP contribution in [0.15, 0.2) is 53.3 Å². The number of hydrogen-bond acceptors (Lipinski definition) is 5. The van der Waals surface area contributed by atoms with Crippen molar-refractivity contribution in [1.29, 1.82) is 0 Å². The van der Waals surface area contributed by atoms with Crippen LogP contribution in [-0.2, 0) is 16.1 Å². The lowest BCUT2D eigenvalue weighted by Gasteiger charge is -2.10. The highest BCUT2D eigenvalue weighted by Gasteiger charge is 2.09. The van der Waals surface area contributed by atoms with E-state index in [1.807, 2.05) is 6.07 Å². The van der Waals surface area contributed by atoms with Crippen molar-refractivity contribution in [2.24, 2.45) is 0 Å². The van der Waals surface area contributed by atoms with Gasteiger partial charge in [-0.15, -0.1) is 0 Å². The van der Waals surface area contributed by atoms with Gasteiger partial charge in [-0.3, -0.25) is 19.0 Å². The fourth-order valence-corrected chi connectivity index (χ4v) is 3.01. The number of para-hydroxylation sites is 1. The molecule has 0 unspecified atom stereocenters. The van der Waals surface area contributed by atoms with Crippen LogP contribution in [0.25, 0.3) is 10.9 Å². The van der Waals surface area contributed by atoms with Crippen LogP contribution in [-0.4, -0.2) is 35.0 Å². The third-order valence-electron chi connectivity index (χ3n) is 4.22. The van der Waals surface area contributed by atoms with Gasteiger partial charge in [-0.1, -0.05) is 18.2 Å². The maximum atomic E-state index is 12.6. The standard InChI is InChI=1S/C20H20N4O4S/c1-21-18(26)12-28-14-6-4-5-13(11-14)22-17(25)9-10-24-19(27)15-7-2-3-8-16(15)23-20(24)29/h2-8,11H,9-10,12H2,1H3,(H,21,26)(H,22,25)(H,23,29). The summed E-state index contributed by atoms with van der Waals surface area (Å²) in [4.78, 5) is 39.2. The Balaban J connectivity index is 1.65. The molecule has 0 atom stereocenters. The third kappa shape index (κ3) is 5.08. The molecular weight excluding hydrogens is 392 g/mol. The van der Waals surface area contributed by atoms with Crippen LogP contribution >= 0.6 is 12.2 Å². The van der Waals surface area contributed by atoms with Crippen molar-refractivity contribution >= 4 is 40.6 Å². The fourth-order valence-electron chi connectivity index (χ4n) is 2.72. The zero-order valence-electron chi connectivity index (χ0n) is 15.7. The molecule has 0 saturated carbocycles. The average molecular weight is 412 g/mol. The molecule has 0 spiro atoms. The Morgan fingerprint density at radius 1 is 1.14 bits per heavy atom. The maximum absolute atomic E-state index is 12.6. The van der Waals surface area contributed by atoms with Crippen molar-refractivity contribution < 1.29 is 14.3 Å². The molecule has 0 radical (unpaired) electrons. The topological polar surface area (TPSA) is 105 Å². The van der Waals surface area contributed by atoms with Gasteiger partial charge in [0.2, 0.25) is 5.91 Å². The number of carbonyl (C=O) groups is 2. The summed E-state index contributed by atoms with van der Waals surface area (Å²) in [6.07, 6.45) is 0.0685. The summed E-state index contributed by atoms with van der Waals surface area (Å²) in [5.41, 5.74) is 0.957. The summed E-state index contributed by atoms with van der Waals surface area (Å²) >= 11 is 5.25. The molecule has 2 aromatic carbocycles. The number of anilines is 1. The molecule has 1 heterocycles. The van der Waals surface area contributed by atoms with E-state index in [-0.39, 0.29) is 41.7 Å². The molecule has 150 valence electrons. The predicted molar refractivity (Wildman–Crippen MR) is 113 cm³/mol. The second kappa shape index (κ2) is 9.16. The minimum absolute atomic E-state index is 0.0685. The number of rotatable bonds is 7. The SMILES string of the molecule is CNC(=O)COc1cccc(NC(=O)CCn2c(=S)[nH]c3ccccc3c2=O)c1. The lowest BCUT2D eigenvalue weighted by atomic mass is 10.2. The Labute approximate surface area is 171 Å². The van der Waals surface area contributed by atoms with Gasteiger partial charge < -0.3 is 20.4 Å². The number of carbonyl (C=O) groups excluding carboxylic acids is 2. The monoisotopic (exact) mass is 412 g/mol. The van der Waals surface area contributed by atoms with E-state index >= 15 is 0 Å². The largest absolute Gasteiger partial charge is 0.484 e. The number of amides is 2. The fraction of sp³-hybridized carbons (Fsp3) is 0.200. The number of H-pyrrole nitrogens is 1. The summed E-state index contributed by atoms with van der Waals surface area (Å²) in [6, 6.07) is 13.8. The van der Waals surface area contributed by atoms with Gasteiger partial charge in [0.05, 0.1) is 10.9 Å². The van der Waals surface area contributed by atoms with Crippen LogP contribution in [0.2, 0.25) is 0 Å². The van der Waals surface area contributed by atoms with Crippen molar-refractivity contribution in [2.45, 2.75) is 13.0 Å². The molecule has 0 aliphatic rings. The first-order chi connectivity index (χ1) is 14.0. The second-order valence-electron chi connectivity index (χ2n) is 6.22. The van der Waals surface area contributed by atoms with Gasteiger partial charge >= 0.3 is 0 Å². The van der Waals surface area contributed by atoms with Gasteiger partial charge in [-0.05, 0) is 36.5 Å². The van der Waals surface area contributed by atoms with Crippen LogP contribution in [0.1, 0.15) is 6.42 Å². The number of ether oxygens (including phenoxy) is 1. The molecule has 9 heteroatoms. The lowest BCUT2D eigenvalue weighted by Crippen LogP contribution is -2.25. The molecule has 8 nitrogen and oxygen atoms in total. The summed E-state index contributed by atoms with van der Waals surface area (Å²) in [5, 5.41) is 5.73. The first-order valence-corrected chi connectivity index (χ1v) is 9.34. The molecule has 0 saturated heterocycles. The number of nitrogens with one attached hydrogen (secondary N) is 3. The Morgan fingerprint density at radius 2 is 1.93 bits per heavy atom. The van der Waals surface area contributed by atoms with Crippen molar-refractivity contribution in [3.8, 4) is 5.75 Å². The van der Waals surface area contributed by atoms with Gasteiger partial charge in [0.15, 0.2) is 11.4 Å². The average Bonchev–Trinajstić information content (AvgIpc) is 2.72. The molecule has 29 heavy (non-hydrogen) atoms. The summed E-state index contributed by atoms with van der Waals surface area (Å²) < 4.78 is 7.00. The molecule has 3 aromatic rings. The van der Waals surface area contributed by atoms with E-state index in [0.717, 1.165) is 0 Å². The van der Waals surface area contributed by atoms with Crippen molar-refractivity contribution in [1.82, 2.24) is 14.9 Å². The van der Waals surface area contributed by atoms with E-state index in [1.165, 1.54) is 11.6 Å². The zero-order chi connectivity index (χ0) is 20.8. The quantitative estimate of drug-likeness (QED) is 0.516. The van der Waals surface area contributed by atoms with Crippen LogP contribution in [0.4, 0.5) is 5.69 Å². The second-order valence-corrected chi connectivity index (χ2v) is 6.61. The minimum atomic E-state index is -0.275. The Kier molecular flexibility index (Phi) is 6.40. The molecule has 3 rings (SSSR count). The van der Waals surface area contributed by atoms with Gasteiger partial charge in [-0.25, -0.2) is 0 Å². The molecule has 1 aromatic heterocycles. The Hall–Kier alpha value is -3.46. The smallest absolute Gasteiger partial charge is 0.262 e. The summed E-state index contributed by atoms with van der Waals surface area (Å²) in [6.45, 7) is 0.0363. The molecule has 0 aliphatic heterocycles. The molecular formula is C20H20N4O4S. The highest BCUT2D eigenvalue weighted by molar-refractivity contribution is 7.71. The van der Waals surface area contributed by atoms with E-state index in [2.05, 4.69) is 15.6 Å². The first-order valence-electron chi connectivity index (χ1n) is 8.93. The highest BCUT2D eigenvalue weighted by Crippen LogP contribution is 2.17. The highest BCUT2D eigenvalue weighted by atomic mass is 32.1. The van der Waals surface area contributed by atoms with Crippen LogP contribution in [0, 0.1) is 4.77 Å². The van der Waals surface area contributed by atoms with Gasteiger partial charge in [0.1, 0.15) is 5.75 Å². The van der Waals surface area contributed by atoms with E-state index in [0.29, 0.717) is 22.3 Å². The van der Waals surface area contributed by atoms with E-state index in [1.54, 1.807) is 42.5 Å². The van der Waals surface area contributed by atoms with E-state index in [9.17, 15) is 14.4 Å². The third-order valence-corrected chi connectivity index (χ3v) is 4.54. The molecule has 0 aliphatic carbocycles. The Morgan fingerprint density at radius 3 is 2.72 bits per heavy atom. The van der Waals surface area contributed by atoms with E-state index < -0.39 is 0 Å². The summed E-state index contributed by atoms with van der Waals surface area (Å²) in [7, 11) is 1.52. The van der Waals surface area contributed by atoms with Crippen LogP contribution < -0.4 is 20.9 Å². The van der Waals surface area contributed by atoms with Gasteiger partial charge in [0, 0.05) is 31.8 Å². The lowest BCUT2D eigenvalue weighted by molar-refractivity contribution is -0.122. The molecule has 0 bridgehead atoms. The van der Waals surface area contributed by atoms with Gasteiger partial charge in [0.25, 0.3) is 11.5 Å².